The zero-order valence-corrected chi connectivity index (χ0v) is 25.7. The van der Waals surface area contributed by atoms with Crippen molar-refractivity contribution in [2.75, 3.05) is 24.6 Å². The largest absolute Gasteiger partial charge is 0.455 e. The molecule has 2 fully saturated rings. The zero-order chi connectivity index (χ0) is 31.9. The van der Waals surface area contributed by atoms with Crippen LogP contribution in [0, 0.1) is 25.7 Å². The smallest absolute Gasteiger partial charge is 0.313 e. The van der Waals surface area contributed by atoms with E-state index in [1.165, 1.54) is 4.90 Å². The number of anilines is 1. The molecule has 2 N–H and O–H groups in total. The molecule has 4 aliphatic heterocycles. The fourth-order valence-electron chi connectivity index (χ4n) is 7.45. The number of likely N-dealkylation sites (tertiary alicyclic amines) is 1. The van der Waals surface area contributed by atoms with E-state index >= 15 is 0 Å². The number of hydrogen-bond acceptors (Lipinski definition) is 7. The lowest BCUT2D eigenvalue weighted by Crippen LogP contribution is -2.56. The van der Waals surface area contributed by atoms with Gasteiger partial charge in [0.15, 0.2) is 0 Å². The van der Waals surface area contributed by atoms with Gasteiger partial charge in [-0.1, -0.05) is 72.8 Å². The first kappa shape index (κ1) is 30.7. The third-order valence-corrected chi connectivity index (χ3v) is 9.40. The summed E-state index contributed by atoms with van der Waals surface area (Å²) in [7, 11) is 0. The zero-order valence-electron chi connectivity index (χ0n) is 25.7. The van der Waals surface area contributed by atoms with Gasteiger partial charge in [0, 0.05) is 25.2 Å². The number of rotatable bonds is 4. The molecule has 2 aromatic rings. The van der Waals surface area contributed by atoms with E-state index in [-0.39, 0.29) is 37.9 Å². The molecule has 0 radical (unpaired) electrons. The van der Waals surface area contributed by atoms with Gasteiger partial charge < -0.3 is 29.7 Å². The number of nitrogens with zero attached hydrogens (tertiary/aromatic N) is 2. The molecule has 10 nitrogen and oxygen atoms in total. The molecule has 236 valence electrons. The number of nitrogens with one attached hydrogen (secondary N) is 1. The van der Waals surface area contributed by atoms with E-state index in [4.69, 9.17) is 9.47 Å². The van der Waals surface area contributed by atoms with Crippen molar-refractivity contribution in [1.29, 1.82) is 0 Å². The molecule has 45 heavy (non-hydrogen) atoms. The van der Waals surface area contributed by atoms with Crippen molar-refractivity contribution in [1.82, 2.24) is 10.2 Å². The van der Waals surface area contributed by atoms with Crippen LogP contribution in [0.1, 0.15) is 42.6 Å². The second-order valence-electron chi connectivity index (χ2n) is 12.3. The average molecular weight is 614 g/mol. The summed E-state index contributed by atoms with van der Waals surface area (Å²) in [5.41, 5.74) is 1.76. The molecular formula is C35H39N3O7. The van der Waals surface area contributed by atoms with Crippen LogP contribution in [0.3, 0.4) is 0 Å². The first-order valence-electron chi connectivity index (χ1n) is 15.5. The van der Waals surface area contributed by atoms with Crippen molar-refractivity contribution in [3.8, 4) is 0 Å². The molecule has 0 aromatic heterocycles. The molecule has 0 unspecified atom stereocenters. The highest BCUT2D eigenvalue weighted by Crippen LogP contribution is 2.56. The highest BCUT2D eigenvalue weighted by molar-refractivity contribution is 6.06. The number of carbonyl (C=O) groups excluding carboxylic acids is 4. The van der Waals surface area contributed by atoms with Gasteiger partial charge in [-0.25, -0.2) is 0 Å². The second kappa shape index (κ2) is 12.3. The van der Waals surface area contributed by atoms with Gasteiger partial charge in [-0.05, 0) is 43.9 Å². The van der Waals surface area contributed by atoms with Crippen LogP contribution in [-0.2, 0) is 28.7 Å². The summed E-state index contributed by atoms with van der Waals surface area (Å²) in [6.07, 6.45) is 6.25. The molecule has 7 atom stereocenters. The number of ether oxygens (including phenoxy) is 2. The lowest BCUT2D eigenvalue weighted by atomic mass is 9.74. The van der Waals surface area contributed by atoms with Crippen LogP contribution in [0.25, 0.3) is 0 Å². The van der Waals surface area contributed by atoms with Crippen LogP contribution >= 0.6 is 0 Å². The maximum Gasteiger partial charge on any atom is 0.313 e. The van der Waals surface area contributed by atoms with Crippen molar-refractivity contribution >= 4 is 29.4 Å². The Hall–Kier alpha value is -4.28. The third kappa shape index (κ3) is 5.25. The molecule has 2 saturated heterocycles. The predicted molar refractivity (Wildman–Crippen MR) is 166 cm³/mol. The van der Waals surface area contributed by atoms with E-state index in [9.17, 15) is 24.3 Å². The molecule has 1 spiro atoms. The number of esters is 1. The molecule has 6 rings (SSSR count). The van der Waals surface area contributed by atoms with Crippen LogP contribution < -0.4 is 10.2 Å². The standard InChI is InChI=1S/C35H39N3O7/c1-21-11-10-12-22(2)29(21)37-18-9-5-8-15-26(40)36-23(3)30(24-13-6-4-7-14-24)44-34(43)27-25-16-17-35(45-25)28(27)32(41)38(19-20-39)31(35)33(37)42/h4-7,9-14,16-17,23,25,27-28,30-31,39H,8,15,18-20H2,1-3H3,(H,36,40)/b9-5-/t23-,25+,27-,28-,30+,31+,35-/m1/s1. The number of aryl methyl sites for hydroxylation is 2. The summed E-state index contributed by atoms with van der Waals surface area (Å²) in [5.74, 6) is -3.69. The van der Waals surface area contributed by atoms with Gasteiger partial charge in [-0.3, -0.25) is 19.2 Å². The minimum absolute atomic E-state index is 0.0940. The first-order valence-corrected chi connectivity index (χ1v) is 15.5. The Balaban J connectivity index is 1.46. The maximum absolute atomic E-state index is 14.8. The molecule has 3 amide bonds. The Bertz CT molecular complexity index is 1540. The third-order valence-electron chi connectivity index (χ3n) is 9.40. The number of fused-ring (bicyclic) bond motifs is 2. The molecule has 0 aliphatic carbocycles. The molecule has 4 heterocycles. The summed E-state index contributed by atoms with van der Waals surface area (Å²) in [6.45, 7) is 5.36. The SMILES string of the molecule is Cc1cccc(C)c1N1C/C=C\CCC(=O)N[C@H](C)[C@@H](c2ccccc2)OC(=O)[C@@H]2[C@@H]3C=C[C@]4(O3)[C@H](C1=O)N(CCO)C(=O)[C@@H]24. The Labute approximate surface area is 262 Å². The number of para-hydroxylation sites is 1. The molecule has 5 bridgehead atoms. The van der Waals surface area contributed by atoms with Gasteiger partial charge in [-0.2, -0.15) is 0 Å². The van der Waals surface area contributed by atoms with Crippen molar-refractivity contribution in [3.63, 3.8) is 0 Å². The van der Waals surface area contributed by atoms with Crippen molar-refractivity contribution in [3.05, 3.63) is 89.5 Å². The molecule has 10 heteroatoms. The maximum atomic E-state index is 14.8. The van der Waals surface area contributed by atoms with Crippen LogP contribution in [0.5, 0.6) is 0 Å². The number of allylic oxidation sites excluding steroid dienone is 1. The van der Waals surface area contributed by atoms with Crippen LogP contribution in [0.15, 0.2) is 72.8 Å². The summed E-state index contributed by atoms with van der Waals surface area (Å²) < 4.78 is 12.6. The molecule has 4 aliphatic rings. The molecule has 0 saturated carbocycles. The van der Waals surface area contributed by atoms with Crippen LogP contribution in [0.4, 0.5) is 5.69 Å². The highest BCUT2D eigenvalue weighted by atomic mass is 16.6. The quantitative estimate of drug-likeness (QED) is 0.401. The van der Waals surface area contributed by atoms with Crippen LogP contribution in [-0.4, -0.2) is 77.2 Å². The lowest BCUT2D eigenvalue weighted by Gasteiger charge is -2.36. The minimum atomic E-state index is -1.41. The molecule has 2 aromatic carbocycles. The van der Waals surface area contributed by atoms with Gasteiger partial charge in [0.1, 0.15) is 23.7 Å². The minimum Gasteiger partial charge on any atom is -0.455 e. The van der Waals surface area contributed by atoms with E-state index in [1.54, 1.807) is 24.0 Å². The van der Waals surface area contributed by atoms with E-state index in [0.717, 1.165) is 11.1 Å². The summed E-state index contributed by atoms with van der Waals surface area (Å²) >= 11 is 0. The summed E-state index contributed by atoms with van der Waals surface area (Å²) in [5, 5.41) is 13.0. The Morgan fingerprint density at radius 2 is 1.71 bits per heavy atom. The number of carbonyl (C=O) groups is 4. The van der Waals surface area contributed by atoms with Crippen molar-refractivity contribution in [2.24, 2.45) is 11.8 Å². The fourth-order valence-corrected chi connectivity index (χ4v) is 7.45. The summed E-state index contributed by atoms with van der Waals surface area (Å²) in [4.78, 5) is 59.0. The van der Waals surface area contributed by atoms with E-state index < -0.39 is 53.6 Å². The Kier molecular flexibility index (Phi) is 8.37. The average Bonchev–Trinajstić information content (AvgIpc) is 3.66. The van der Waals surface area contributed by atoms with Crippen molar-refractivity contribution in [2.45, 2.75) is 63.5 Å². The van der Waals surface area contributed by atoms with Gasteiger partial charge in [0.05, 0.1) is 24.7 Å². The normalized spacial score (nSPS) is 32.4. The van der Waals surface area contributed by atoms with Gasteiger partial charge in [0.2, 0.25) is 11.8 Å². The fraction of sp³-hybridized carbons (Fsp3) is 0.429. The van der Waals surface area contributed by atoms with E-state index in [2.05, 4.69) is 5.32 Å². The van der Waals surface area contributed by atoms with Gasteiger partial charge in [0.25, 0.3) is 5.91 Å². The number of benzene rings is 2. The van der Waals surface area contributed by atoms with Crippen molar-refractivity contribution < 1.29 is 33.8 Å². The van der Waals surface area contributed by atoms with Gasteiger partial charge in [-0.15, -0.1) is 0 Å². The number of cyclic esters (lactones) is 1. The molecular weight excluding hydrogens is 574 g/mol. The number of amides is 3. The van der Waals surface area contributed by atoms with Crippen LogP contribution in [0.2, 0.25) is 0 Å². The van der Waals surface area contributed by atoms with E-state index in [0.29, 0.717) is 17.7 Å². The first-order chi connectivity index (χ1) is 21.7. The number of hydrogen-bond donors (Lipinski definition) is 2. The number of aliphatic hydroxyl groups excluding tert-OH is 1. The van der Waals surface area contributed by atoms with E-state index in [1.807, 2.05) is 74.5 Å². The number of β-amino-alcohol motifs (C(OH)–C–C–N with tert-alkyl or cyclic N) is 1. The highest BCUT2D eigenvalue weighted by Gasteiger charge is 2.73. The monoisotopic (exact) mass is 613 g/mol. The summed E-state index contributed by atoms with van der Waals surface area (Å²) in [6, 6.07) is 13.2. The predicted octanol–water partition coefficient (Wildman–Crippen LogP) is 2.92. The Morgan fingerprint density at radius 3 is 2.42 bits per heavy atom. The number of aliphatic hydroxyl groups is 1. The Morgan fingerprint density at radius 1 is 0.978 bits per heavy atom. The second-order valence-corrected chi connectivity index (χ2v) is 12.3. The van der Waals surface area contributed by atoms with Gasteiger partial charge >= 0.3 is 5.97 Å². The lowest BCUT2D eigenvalue weighted by molar-refractivity contribution is -0.161. The topological polar surface area (TPSA) is 125 Å².